The van der Waals surface area contributed by atoms with E-state index in [-0.39, 0.29) is 6.61 Å². The first-order valence-electron chi connectivity index (χ1n) is 6.72. The molecule has 1 aromatic rings. The molecule has 0 radical (unpaired) electrons. The van der Waals surface area contributed by atoms with E-state index >= 15 is 0 Å². The maximum atomic E-state index is 9.51. The molecule has 2 heterocycles. The van der Waals surface area contributed by atoms with Gasteiger partial charge in [0.1, 0.15) is 17.3 Å². The molecule has 1 aliphatic rings. The lowest BCUT2D eigenvalue weighted by Crippen LogP contribution is -2.40. The van der Waals surface area contributed by atoms with Gasteiger partial charge in [0.15, 0.2) is 0 Å². The first kappa shape index (κ1) is 14.5. The highest BCUT2D eigenvalue weighted by Gasteiger charge is 2.25. The smallest absolute Gasteiger partial charge is 0.140 e. The maximum absolute atomic E-state index is 9.51. The molecule has 0 bridgehead atoms. The quantitative estimate of drug-likeness (QED) is 0.854. The van der Waals surface area contributed by atoms with Crippen molar-refractivity contribution in [2.24, 2.45) is 0 Å². The zero-order valence-electron chi connectivity index (χ0n) is 11.5. The van der Waals surface area contributed by atoms with Crippen molar-refractivity contribution in [3.8, 4) is 0 Å². The predicted molar refractivity (Wildman–Crippen MR) is 76.5 cm³/mol. The standard InChI is InChI=1S/C13H21ClN4O/c1-3-10-7-17(2)5-4-6-18(10)13-11(8-19)12(14)15-9-16-13/h9-10,19H,3-8H2,1-2H3. The van der Waals surface area contributed by atoms with Gasteiger partial charge >= 0.3 is 0 Å². The summed E-state index contributed by atoms with van der Waals surface area (Å²) in [7, 11) is 2.14. The Morgan fingerprint density at radius 3 is 2.89 bits per heavy atom. The molecule has 1 atom stereocenters. The predicted octanol–water partition coefficient (Wildman–Crippen LogP) is 1.54. The zero-order chi connectivity index (χ0) is 13.8. The Bertz CT molecular complexity index is 429. The largest absolute Gasteiger partial charge is 0.391 e. The van der Waals surface area contributed by atoms with E-state index in [2.05, 4.69) is 33.7 Å². The van der Waals surface area contributed by atoms with Gasteiger partial charge < -0.3 is 14.9 Å². The summed E-state index contributed by atoms with van der Waals surface area (Å²) in [6.07, 6.45) is 3.59. The Labute approximate surface area is 119 Å². The van der Waals surface area contributed by atoms with Crippen LogP contribution >= 0.6 is 11.6 Å². The topological polar surface area (TPSA) is 52.5 Å². The fourth-order valence-electron chi connectivity index (χ4n) is 2.64. The van der Waals surface area contributed by atoms with Gasteiger partial charge in [0.25, 0.3) is 0 Å². The van der Waals surface area contributed by atoms with Crippen LogP contribution < -0.4 is 4.90 Å². The highest BCUT2D eigenvalue weighted by atomic mass is 35.5. The summed E-state index contributed by atoms with van der Waals surface area (Å²) in [5.41, 5.74) is 0.632. The van der Waals surface area contributed by atoms with Crippen LogP contribution in [0.4, 0.5) is 5.82 Å². The molecule has 19 heavy (non-hydrogen) atoms. The number of halogens is 1. The van der Waals surface area contributed by atoms with Gasteiger partial charge in [0, 0.05) is 19.1 Å². The number of likely N-dealkylation sites (N-methyl/N-ethyl adjacent to an activating group) is 1. The highest BCUT2D eigenvalue weighted by molar-refractivity contribution is 6.30. The zero-order valence-corrected chi connectivity index (χ0v) is 12.3. The third-order valence-corrected chi connectivity index (χ3v) is 4.00. The Balaban J connectivity index is 2.35. The van der Waals surface area contributed by atoms with Crippen LogP contribution in [0.15, 0.2) is 6.33 Å². The van der Waals surface area contributed by atoms with E-state index in [4.69, 9.17) is 11.6 Å². The van der Waals surface area contributed by atoms with Crippen molar-refractivity contribution in [2.75, 3.05) is 31.6 Å². The number of aliphatic hydroxyl groups excluding tert-OH is 1. The molecule has 1 N–H and O–H groups in total. The fraction of sp³-hybridized carbons (Fsp3) is 0.692. The van der Waals surface area contributed by atoms with Gasteiger partial charge in [-0.1, -0.05) is 18.5 Å². The molecule has 1 fully saturated rings. The molecule has 106 valence electrons. The fourth-order valence-corrected chi connectivity index (χ4v) is 2.83. The number of aromatic nitrogens is 2. The minimum Gasteiger partial charge on any atom is -0.391 e. The molecular weight excluding hydrogens is 264 g/mol. The summed E-state index contributed by atoms with van der Waals surface area (Å²) in [5.74, 6) is 0.782. The molecule has 0 saturated carbocycles. The van der Waals surface area contributed by atoms with Crippen molar-refractivity contribution in [1.29, 1.82) is 0 Å². The highest BCUT2D eigenvalue weighted by Crippen LogP contribution is 2.27. The SMILES string of the molecule is CCC1CN(C)CCCN1c1ncnc(Cl)c1CO. The molecule has 2 rings (SSSR count). The van der Waals surface area contributed by atoms with Gasteiger partial charge in [-0.3, -0.25) is 0 Å². The molecule has 1 saturated heterocycles. The van der Waals surface area contributed by atoms with Crippen molar-refractivity contribution in [1.82, 2.24) is 14.9 Å². The molecule has 1 aromatic heterocycles. The van der Waals surface area contributed by atoms with Crippen molar-refractivity contribution >= 4 is 17.4 Å². The van der Waals surface area contributed by atoms with Crippen LogP contribution in [-0.4, -0.2) is 52.7 Å². The molecule has 0 aliphatic carbocycles. The van der Waals surface area contributed by atoms with Crippen LogP contribution in [0.5, 0.6) is 0 Å². The molecule has 0 spiro atoms. The van der Waals surface area contributed by atoms with Gasteiger partial charge in [0.05, 0.1) is 12.2 Å². The Morgan fingerprint density at radius 1 is 1.42 bits per heavy atom. The van der Waals surface area contributed by atoms with Gasteiger partial charge in [-0.15, -0.1) is 0 Å². The molecule has 1 unspecified atom stereocenters. The number of aliphatic hydroxyl groups is 1. The van der Waals surface area contributed by atoms with Crippen LogP contribution in [0.3, 0.4) is 0 Å². The number of hydrogen-bond acceptors (Lipinski definition) is 5. The van der Waals surface area contributed by atoms with E-state index in [9.17, 15) is 5.11 Å². The lowest BCUT2D eigenvalue weighted by Gasteiger charge is -2.32. The summed E-state index contributed by atoms with van der Waals surface area (Å²) < 4.78 is 0. The average molecular weight is 285 g/mol. The number of hydrogen-bond donors (Lipinski definition) is 1. The maximum Gasteiger partial charge on any atom is 0.140 e. The number of rotatable bonds is 3. The van der Waals surface area contributed by atoms with E-state index in [1.165, 1.54) is 6.33 Å². The molecule has 1 aliphatic heterocycles. The lowest BCUT2D eigenvalue weighted by molar-refractivity contribution is 0.280. The van der Waals surface area contributed by atoms with Crippen LogP contribution in [-0.2, 0) is 6.61 Å². The monoisotopic (exact) mass is 284 g/mol. The van der Waals surface area contributed by atoms with Gasteiger partial charge in [-0.25, -0.2) is 9.97 Å². The second kappa shape index (κ2) is 6.50. The second-order valence-electron chi connectivity index (χ2n) is 5.00. The summed E-state index contributed by atoms with van der Waals surface area (Å²) in [4.78, 5) is 12.9. The minimum absolute atomic E-state index is 0.127. The second-order valence-corrected chi connectivity index (χ2v) is 5.35. The Hall–Kier alpha value is -0.910. The molecular formula is C13H21ClN4O. The summed E-state index contributed by atoms with van der Waals surface area (Å²) in [6, 6.07) is 0.392. The molecule has 0 aromatic carbocycles. The third kappa shape index (κ3) is 3.16. The van der Waals surface area contributed by atoms with Crippen LogP contribution in [0.25, 0.3) is 0 Å². The first-order valence-corrected chi connectivity index (χ1v) is 7.10. The van der Waals surface area contributed by atoms with Gasteiger partial charge in [-0.2, -0.15) is 0 Å². The van der Waals surface area contributed by atoms with E-state index in [1.54, 1.807) is 0 Å². The van der Waals surface area contributed by atoms with Crippen molar-refractivity contribution in [3.05, 3.63) is 17.0 Å². The first-order chi connectivity index (χ1) is 9.17. The summed E-state index contributed by atoms with van der Waals surface area (Å²) in [6.45, 7) is 5.07. The average Bonchev–Trinajstić information content (AvgIpc) is 2.59. The molecule has 6 heteroatoms. The number of nitrogens with zero attached hydrogens (tertiary/aromatic N) is 4. The summed E-state index contributed by atoms with van der Waals surface area (Å²) >= 11 is 6.06. The Morgan fingerprint density at radius 2 is 2.21 bits per heavy atom. The van der Waals surface area contributed by atoms with Gasteiger partial charge in [-0.05, 0) is 26.4 Å². The Kier molecular flexibility index (Phi) is 4.96. The van der Waals surface area contributed by atoms with E-state index in [0.717, 1.165) is 38.3 Å². The summed E-state index contributed by atoms with van der Waals surface area (Å²) in [5, 5.41) is 9.86. The third-order valence-electron chi connectivity index (χ3n) is 3.67. The van der Waals surface area contributed by atoms with Gasteiger partial charge in [0.2, 0.25) is 0 Å². The number of anilines is 1. The van der Waals surface area contributed by atoms with Crippen LogP contribution in [0.2, 0.25) is 5.15 Å². The van der Waals surface area contributed by atoms with E-state index in [1.807, 2.05) is 0 Å². The van der Waals surface area contributed by atoms with Crippen LogP contribution in [0, 0.1) is 0 Å². The van der Waals surface area contributed by atoms with Crippen molar-refractivity contribution in [2.45, 2.75) is 32.4 Å². The molecule has 0 amide bonds. The van der Waals surface area contributed by atoms with Crippen molar-refractivity contribution < 1.29 is 5.11 Å². The molecule has 5 nitrogen and oxygen atoms in total. The van der Waals surface area contributed by atoms with Crippen molar-refractivity contribution in [3.63, 3.8) is 0 Å². The minimum atomic E-state index is -0.127. The van der Waals surface area contributed by atoms with Crippen LogP contribution in [0.1, 0.15) is 25.3 Å². The van der Waals surface area contributed by atoms with E-state index < -0.39 is 0 Å². The lowest BCUT2D eigenvalue weighted by atomic mass is 10.1. The van der Waals surface area contributed by atoms with E-state index in [0.29, 0.717) is 16.8 Å². The normalized spacial score (nSPS) is 21.5.